The minimum Gasteiger partial charge on any atom is -0.465 e. The van der Waals surface area contributed by atoms with Crippen LogP contribution in [0.2, 0.25) is 0 Å². The van der Waals surface area contributed by atoms with Crippen molar-refractivity contribution < 1.29 is 27.2 Å². The molecule has 0 spiro atoms. The van der Waals surface area contributed by atoms with E-state index >= 15 is 0 Å². The predicted octanol–water partition coefficient (Wildman–Crippen LogP) is 2.62. The van der Waals surface area contributed by atoms with E-state index in [2.05, 4.69) is 10.1 Å². The first-order chi connectivity index (χ1) is 8.87. The Kier molecular flexibility index (Phi) is 5.31. The third-order valence-corrected chi connectivity index (χ3v) is 2.39. The van der Waals surface area contributed by atoms with E-state index < -0.39 is 24.5 Å². The SMILES string of the molecule is CCOC(=O)C(CC)c1nc(CCC(F)(F)F)no1. The summed E-state index contributed by atoms with van der Waals surface area (Å²) in [6, 6.07) is 0. The molecule has 1 aromatic heterocycles. The van der Waals surface area contributed by atoms with Crippen molar-refractivity contribution in [2.75, 3.05) is 6.61 Å². The number of hydrogen-bond donors (Lipinski definition) is 0. The lowest BCUT2D eigenvalue weighted by Crippen LogP contribution is -2.15. The number of aromatic nitrogens is 2. The molecule has 1 heterocycles. The molecule has 1 unspecified atom stereocenters. The Bertz CT molecular complexity index is 418. The van der Waals surface area contributed by atoms with E-state index in [1.54, 1.807) is 13.8 Å². The lowest BCUT2D eigenvalue weighted by atomic mass is 10.1. The van der Waals surface area contributed by atoms with E-state index in [1.165, 1.54) is 0 Å². The van der Waals surface area contributed by atoms with Gasteiger partial charge in [0.2, 0.25) is 5.89 Å². The summed E-state index contributed by atoms with van der Waals surface area (Å²) < 4.78 is 45.8. The minimum atomic E-state index is -4.27. The zero-order chi connectivity index (χ0) is 14.5. The van der Waals surface area contributed by atoms with Crippen LogP contribution in [-0.4, -0.2) is 28.9 Å². The third kappa shape index (κ3) is 4.88. The van der Waals surface area contributed by atoms with Crippen molar-refractivity contribution in [1.82, 2.24) is 10.1 Å². The van der Waals surface area contributed by atoms with Gasteiger partial charge in [0.25, 0.3) is 0 Å². The summed E-state index contributed by atoms with van der Waals surface area (Å²) in [6.45, 7) is 3.60. The van der Waals surface area contributed by atoms with Crippen molar-refractivity contribution >= 4 is 5.97 Å². The van der Waals surface area contributed by atoms with Crippen LogP contribution in [0.4, 0.5) is 13.2 Å². The maximum atomic E-state index is 12.0. The topological polar surface area (TPSA) is 65.2 Å². The van der Waals surface area contributed by atoms with Crippen LogP contribution in [0.5, 0.6) is 0 Å². The number of aryl methyl sites for hydroxylation is 1. The van der Waals surface area contributed by atoms with Crippen LogP contribution in [0.25, 0.3) is 0 Å². The van der Waals surface area contributed by atoms with Gasteiger partial charge in [-0.3, -0.25) is 4.79 Å². The van der Waals surface area contributed by atoms with Gasteiger partial charge >= 0.3 is 12.1 Å². The lowest BCUT2D eigenvalue weighted by molar-refractivity contribution is -0.145. The Hall–Kier alpha value is -1.60. The van der Waals surface area contributed by atoms with Crippen molar-refractivity contribution in [3.05, 3.63) is 11.7 Å². The molecule has 0 radical (unpaired) electrons. The summed E-state index contributed by atoms with van der Waals surface area (Å²) in [6.07, 6.45) is -5.29. The Labute approximate surface area is 108 Å². The number of hydrogen-bond acceptors (Lipinski definition) is 5. The second-order valence-electron chi connectivity index (χ2n) is 3.88. The number of alkyl halides is 3. The van der Waals surface area contributed by atoms with Crippen LogP contribution < -0.4 is 0 Å². The van der Waals surface area contributed by atoms with E-state index in [4.69, 9.17) is 9.26 Å². The fourth-order valence-electron chi connectivity index (χ4n) is 1.45. The van der Waals surface area contributed by atoms with E-state index in [-0.39, 0.29) is 24.7 Å². The molecular weight excluding hydrogens is 265 g/mol. The van der Waals surface area contributed by atoms with Gasteiger partial charge in [-0.1, -0.05) is 12.1 Å². The Morgan fingerprint density at radius 3 is 2.63 bits per heavy atom. The molecule has 0 bridgehead atoms. The number of ether oxygens (including phenoxy) is 1. The van der Waals surface area contributed by atoms with Crippen LogP contribution in [0.15, 0.2) is 4.52 Å². The van der Waals surface area contributed by atoms with Gasteiger partial charge in [0.15, 0.2) is 5.82 Å². The lowest BCUT2D eigenvalue weighted by Gasteiger charge is -2.08. The Balaban J connectivity index is 2.69. The molecule has 0 fully saturated rings. The molecular formula is C11H15F3N2O3. The highest BCUT2D eigenvalue weighted by atomic mass is 19.4. The van der Waals surface area contributed by atoms with Gasteiger partial charge in [-0.2, -0.15) is 18.2 Å². The zero-order valence-corrected chi connectivity index (χ0v) is 10.7. The van der Waals surface area contributed by atoms with E-state index in [0.29, 0.717) is 6.42 Å². The normalized spacial score (nSPS) is 13.3. The van der Waals surface area contributed by atoms with Gasteiger partial charge in [-0.25, -0.2) is 0 Å². The standard InChI is InChI=1S/C11H15F3N2O3/c1-3-7(10(17)18-4-2)9-15-8(16-19-9)5-6-11(12,13)14/h7H,3-6H2,1-2H3. The highest BCUT2D eigenvalue weighted by molar-refractivity contribution is 5.76. The molecule has 0 amide bonds. The Morgan fingerprint density at radius 2 is 2.11 bits per heavy atom. The molecule has 0 saturated carbocycles. The highest BCUT2D eigenvalue weighted by Crippen LogP contribution is 2.23. The zero-order valence-electron chi connectivity index (χ0n) is 10.7. The largest absolute Gasteiger partial charge is 0.465 e. The average Bonchev–Trinajstić information content (AvgIpc) is 2.75. The summed E-state index contributed by atoms with van der Waals surface area (Å²) in [5, 5.41) is 3.44. The molecule has 1 rings (SSSR count). The third-order valence-electron chi connectivity index (χ3n) is 2.39. The number of rotatable bonds is 6. The molecule has 1 atom stereocenters. The summed E-state index contributed by atoms with van der Waals surface area (Å²) in [5.74, 6) is -1.31. The molecule has 5 nitrogen and oxygen atoms in total. The van der Waals surface area contributed by atoms with Gasteiger partial charge < -0.3 is 9.26 Å². The van der Waals surface area contributed by atoms with E-state index in [1.807, 2.05) is 0 Å². The maximum Gasteiger partial charge on any atom is 0.389 e. The molecule has 0 aliphatic rings. The van der Waals surface area contributed by atoms with Crippen molar-refractivity contribution in [2.24, 2.45) is 0 Å². The van der Waals surface area contributed by atoms with Crippen LogP contribution >= 0.6 is 0 Å². The second kappa shape index (κ2) is 6.53. The first-order valence-electron chi connectivity index (χ1n) is 5.93. The summed E-state index contributed by atoms with van der Waals surface area (Å²) >= 11 is 0. The Morgan fingerprint density at radius 1 is 1.42 bits per heavy atom. The first-order valence-corrected chi connectivity index (χ1v) is 5.93. The van der Waals surface area contributed by atoms with Crippen LogP contribution in [-0.2, 0) is 16.0 Å². The van der Waals surface area contributed by atoms with Crippen molar-refractivity contribution in [2.45, 2.75) is 45.2 Å². The van der Waals surface area contributed by atoms with Crippen LogP contribution in [0.3, 0.4) is 0 Å². The number of esters is 1. The summed E-state index contributed by atoms with van der Waals surface area (Å²) in [4.78, 5) is 15.4. The first kappa shape index (κ1) is 15.5. The predicted molar refractivity (Wildman–Crippen MR) is 58.3 cm³/mol. The monoisotopic (exact) mass is 280 g/mol. The molecule has 0 N–H and O–H groups in total. The fraction of sp³-hybridized carbons (Fsp3) is 0.727. The molecule has 0 aliphatic heterocycles. The van der Waals surface area contributed by atoms with E-state index in [0.717, 1.165) is 0 Å². The quantitative estimate of drug-likeness (QED) is 0.749. The molecule has 1 aromatic rings. The van der Waals surface area contributed by atoms with E-state index in [9.17, 15) is 18.0 Å². The molecule has 108 valence electrons. The van der Waals surface area contributed by atoms with Gasteiger partial charge in [0.05, 0.1) is 13.0 Å². The molecule has 19 heavy (non-hydrogen) atoms. The second-order valence-corrected chi connectivity index (χ2v) is 3.88. The number of carbonyl (C=O) groups excluding carboxylic acids is 1. The van der Waals surface area contributed by atoms with Crippen molar-refractivity contribution in [3.63, 3.8) is 0 Å². The van der Waals surface area contributed by atoms with Crippen molar-refractivity contribution in [1.29, 1.82) is 0 Å². The molecule has 8 heteroatoms. The fourth-order valence-corrected chi connectivity index (χ4v) is 1.45. The van der Waals surface area contributed by atoms with Crippen LogP contribution in [0.1, 0.15) is 44.3 Å². The molecule has 0 aliphatic carbocycles. The van der Waals surface area contributed by atoms with Gasteiger partial charge in [0, 0.05) is 6.42 Å². The smallest absolute Gasteiger partial charge is 0.389 e. The minimum absolute atomic E-state index is 0.00174. The highest BCUT2D eigenvalue weighted by Gasteiger charge is 2.29. The maximum absolute atomic E-state index is 12.0. The van der Waals surface area contributed by atoms with Crippen molar-refractivity contribution in [3.8, 4) is 0 Å². The molecule has 0 saturated heterocycles. The summed E-state index contributed by atoms with van der Waals surface area (Å²) in [5.41, 5.74) is 0. The van der Waals surface area contributed by atoms with Gasteiger partial charge in [0.1, 0.15) is 5.92 Å². The molecule has 0 aromatic carbocycles. The number of carbonyl (C=O) groups is 1. The van der Waals surface area contributed by atoms with Crippen LogP contribution in [0, 0.1) is 0 Å². The average molecular weight is 280 g/mol. The van der Waals surface area contributed by atoms with Gasteiger partial charge in [-0.05, 0) is 13.3 Å². The summed E-state index contributed by atoms with van der Waals surface area (Å²) in [7, 11) is 0. The number of nitrogens with zero attached hydrogens (tertiary/aromatic N) is 2. The number of halogens is 3. The van der Waals surface area contributed by atoms with Gasteiger partial charge in [-0.15, -0.1) is 0 Å².